The largest absolute Gasteiger partial charge is 0.592 e. The molecule has 7 nitrogen and oxygen atoms in total. The molecular weight excluding hydrogens is 414 g/mol. The van der Waals surface area contributed by atoms with Crippen molar-refractivity contribution in [2.24, 2.45) is 0 Å². The molecule has 0 fully saturated rings. The fraction of sp³-hybridized carbons (Fsp3) is 0.304. The van der Waals surface area contributed by atoms with Crippen molar-refractivity contribution in [3.63, 3.8) is 0 Å². The summed E-state index contributed by atoms with van der Waals surface area (Å²) >= 11 is -1.49. The highest BCUT2D eigenvalue weighted by atomic mass is 32.2. The van der Waals surface area contributed by atoms with Crippen molar-refractivity contribution < 1.29 is 14.0 Å². The quantitative estimate of drug-likeness (QED) is 0.389. The summed E-state index contributed by atoms with van der Waals surface area (Å²) in [5.74, 6) is 1.50. The Labute approximate surface area is 183 Å². The molecule has 4 aromatic rings. The van der Waals surface area contributed by atoms with Gasteiger partial charge in [0.2, 0.25) is 0 Å². The number of methoxy groups -OCH3 is 2. The zero-order chi connectivity index (χ0) is 22.0. The van der Waals surface area contributed by atoms with Crippen LogP contribution in [-0.2, 0) is 23.7 Å². The van der Waals surface area contributed by atoms with Gasteiger partial charge in [-0.3, -0.25) is 4.79 Å². The minimum atomic E-state index is -1.49. The van der Waals surface area contributed by atoms with E-state index in [1.807, 2.05) is 30.3 Å². The summed E-state index contributed by atoms with van der Waals surface area (Å²) in [6.07, 6.45) is 3.41. The van der Waals surface area contributed by atoms with Crippen molar-refractivity contribution in [3.05, 3.63) is 64.7 Å². The summed E-state index contributed by atoms with van der Waals surface area (Å²) in [6.45, 7) is 2.71. The number of hydrogen-bond donors (Lipinski definition) is 0. The molecule has 0 spiro atoms. The molecule has 0 saturated carbocycles. The third-order valence-corrected chi connectivity index (χ3v) is 6.62. The topological polar surface area (TPSA) is 81.3 Å². The van der Waals surface area contributed by atoms with Crippen LogP contribution in [0.1, 0.15) is 25.3 Å². The van der Waals surface area contributed by atoms with E-state index in [2.05, 4.69) is 11.9 Å². The summed E-state index contributed by atoms with van der Waals surface area (Å²) in [5.41, 5.74) is 2.68. The van der Waals surface area contributed by atoms with E-state index in [-0.39, 0.29) is 11.3 Å². The van der Waals surface area contributed by atoms with Crippen LogP contribution in [0.3, 0.4) is 0 Å². The SMILES string of the molecule is CCCCn1c(=O)c(C[S+]([O-])n2cnc3cc(OC)ccc32)cc2cc(OC)ccc21. The van der Waals surface area contributed by atoms with Gasteiger partial charge in [-0.25, -0.2) is 4.98 Å². The standard InChI is InChI=1S/C23H25N3O4S/c1-4-5-10-25-21-8-6-18(29-2)12-16(21)11-17(23(25)27)14-31(28)26-15-24-20-13-19(30-3)7-9-22(20)26/h6-9,11-13,15H,4-5,10,14H2,1-3H3. The maximum Gasteiger partial charge on any atom is 0.259 e. The fourth-order valence-electron chi connectivity index (χ4n) is 3.66. The molecule has 0 saturated heterocycles. The molecule has 8 heteroatoms. The Bertz CT molecular complexity index is 1280. The molecule has 0 aliphatic rings. The Hall–Kier alpha value is -2.97. The lowest BCUT2D eigenvalue weighted by molar-refractivity contribution is 0.415. The summed E-state index contributed by atoms with van der Waals surface area (Å²) in [5, 5.41) is 0.891. The first-order valence-electron chi connectivity index (χ1n) is 10.2. The number of rotatable bonds is 8. The molecule has 162 valence electrons. The molecule has 31 heavy (non-hydrogen) atoms. The number of benzene rings is 2. The highest BCUT2D eigenvalue weighted by Crippen LogP contribution is 2.24. The number of fused-ring (bicyclic) bond motifs is 2. The van der Waals surface area contributed by atoms with Crippen molar-refractivity contribution in [1.29, 1.82) is 0 Å². The van der Waals surface area contributed by atoms with Crippen molar-refractivity contribution in [3.8, 4) is 11.5 Å². The van der Waals surface area contributed by atoms with Gasteiger partial charge in [0, 0.05) is 18.0 Å². The molecule has 0 amide bonds. The van der Waals surface area contributed by atoms with Crippen molar-refractivity contribution in [2.75, 3.05) is 14.2 Å². The Morgan fingerprint density at radius 3 is 2.45 bits per heavy atom. The lowest BCUT2D eigenvalue weighted by Crippen LogP contribution is -2.27. The van der Waals surface area contributed by atoms with Crippen LogP contribution in [0.2, 0.25) is 0 Å². The number of ether oxygens (including phenoxy) is 2. The fourth-order valence-corrected chi connectivity index (χ4v) is 4.79. The van der Waals surface area contributed by atoms with E-state index >= 15 is 0 Å². The van der Waals surface area contributed by atoms with E-state index in [4.69, 9.17) is 9.47 Å². The van der Waals surface area contributed by atoms with Crippen LogP contribution < -0.4 is 15.0 Å². The summed E-state index contributed by atoms with van der Waals surface area (Å²) in [4.78, 5) is 17.6. The lowest BCUT2D eigenvalue weighted by Gasteiger charge is -2.15. The van der Waals surface area contributed by atoms with E-state index < -0.39 is 11.4 Å². The summed E-state index contributed by atoms with van der Waals surface area (Å²) in [7, 11) is 3.21. The average molecular weight is 440 g/mol. The number of nitrogens with zero attached hydrogens (tertiary/aromatic N) is 3. The van der Waals surface area contributed by atoms with Gasteiger partial charge in [-0.2, -0.15) is 3.97 Å². The zero-order valence-corrected chi connectivity index (χ0v) is 18.6. The first-order valence-corrected chi connectivity index (χ1v) is 11.4. The Morgan fingerprint density at radius 2 is 1.74 bits per heavy atom. The van der Waals surface area contributed by atoms with E-state index in [9.17, 15) is 9.35 Å². The second-order valence-electron chi connectivity index (χ2n) is 7.30. The lowest BCUT2D eigenvalue weighted by atomic mass is 10.1. The normalized spacial score (nSPS) is 12.4. The van der Waals surface area contributed by atoms with Crippen molar-refractivity contribution in [1.82, 2.24) is 13.5 Å². The van der Waals surface area contributed by atoms with Crippen molar-refractivity contribution in [2.45, 2.75) is 32.1 Å². The first-order chi connectivity index (χ1) is 15.0. The van der Waals surface area contributed by atoms with Gasteiger partial charge in [-0.1, -0.05) is 13.3 Å². The van der Waals surface area contributed by atoms with Crippen LogP contribution in [0, 0.1) is 0 Å². The molecule has 0 radical (unpaired) electrons. The molecular formula is C23H25N3O4S. The number of unbranched alkanes of at least 4 members (excludes halogenated alkanes) is 1. The molecule has 0 N–H and O–H groups in total. The second-order valence-corrected chi connectivity index (χ2v) is 8.62. The van der Waals surface area contributed by atoms with Gasteiger partial charge in [0.1, 0.15) is 23.3 Å². The van der Waals surface area contributed by atoms with Crippen LogP contribution in [0.4, 0.5) is 0 Å². The second kappa shape index (κ2) is 9.03. The van der Waals surface area contributed by atoms with Gasteiger partial charge < -0.3 is 18.6 Å². The Balaban J connectivity index is 1.75. The molecule has 0 aliphatic carbocycles. The minimum Gasteiger partial charge on any atom is -0.592 e. The summed E-state index contributed by atoms with van der Waals surface area (Å²) in [6, 6.07) is 12.9. The van der Waals surface area contributed by atoms with Gasteiger partial charge in [0.25, 0.3) is 5.56 Å². The molecule has 2 aromatic carbocycles. The number of hydrogen-bond acceptors (Lipinski definition) is 5. The minimum absolute atomic E-state index is 0.0929. The molecule has 4 rings (SSSR count). The van der Waals surface area contributed by atoms with Gasteiger partial charge in [-0.15, -0.1) is 0 Å². The molecule has 1 unspecified atom stereocenters. The van der Waals surface area contributed by atoms with Crippen LogP contribution in [0.5, 0.6) is 11.5 Å². The maximum atomic E-state index is 13.3. The molecule has 2 aromatic heterocycles. The highest BCUT2D eigenvalue weighted by molar-refractivity contribution is 7.89. The van der Waals surface area contributed by atoms with Crippen LogP contribution >= 0.6 is 0 Å². The van der Waals surface area contributed by atoms with Gasteiger partial charge in [-0.05, 0) is 42.8 Å². The van der Waals surface area contributed by atoms with Crippen LogP contribution in [0.25, 0.3) is 21.9 Å². The van der Waals surface area contributed by atoms with Crippen molar-refractivity contribution >= 4 is 33.3 Å². The number of aromatic nitrogens is 3. The first kappa shape index (κ1) is 21.3. The average Bonchev–Trinajstić information content (AvgIpc) is 3.22. The van der Waals surface area contributed by atoms with E-state index in [0.717, 1.165) is 35.0 Å². The summed E-state index contributed by atoms with van der Waals surface area (Å²) < 4.78 is 27.2. The smallest absolute Gasteiger partial charge is 0.259 e. The monoisotopic (exact) mass is 439 g/mol. The highest BCUT2D eigenvalue weighted by Gasteiger charge is 2.20. The third kappa shape index (κ3) is 4.13. The number of aryl methyl sites for hydroxylation is 1. The van der Waals surface area contributed by atoms with Crippen LogP contribution in [-0.4, -0.2) is 32.3 Å². The Kier molecular flexibility index (Phi) is 6.20. The Morgan fingerprint density at radius 1 is 1.03 bits per heavy atom. The predicted molar refractivity (Wildman–Crippen MR) is 123 cm³/mol. The number of imidazole rings is 1. The molecule has 1 atom stereocenters. The predicted octanol–water partition coefficient (Wildman–Crippen LogP) is 3.88. The number of pyridine rings is 1. The van der Waals surface area contributed by atoms with E-state index in [0.29, 0.717) is 23.4 Å². The van der Waals surface area contributed by atoms with Crippen LogP contribution in [0.15, 0.2) is 53.6 Å². The van der Waals surface area contributed by atoms with E-state index in [1.54, 1.807) is 41.2 Å². The van der Waals surface area contributed by atoms with Gasteiger partial charge in [0.05, 0.1) is 42.2 Å². The molecule has 0 bridgehead atoms. The third-order valence-electron chi connectivity index (χ3n) is 5.33. The molecule has 2 heterocycles. The molecule has 0 aliphatic heterocycles. The van der Waals surface area contributed by atoms with Gasteiger partial charge >= 0.3 is 0 Å². The van der Waals surface area contributed by atoms with E-state index in [1.165, 1.54) is 0 Å². The maximum absolute atomic E-state index is 13.3. The van der Waals surface area contributed by atoms with Gasteiger partial charge in [0.15, 0.2) is 5.75 Å². The zero-order valence-electron chi connectivity index (χ0n) is 17.8.